The minimum absolute atomic E-state index is 0.228. The minimum Gasteiger partial charge on any atom is -0.493 e. The molecule has 0 aliphatic rings. The van der Waals surface area contributed by atoms with Gasteiger partial charge < -0.3 is 14.6 Å². The van der Waals surface area contributed by atoms with E-state index in [0.717, 1.165) is 36.4 Å². The Morgan fingerprint density at radius 3 is 2.24 bits per heavy atom. The second-order valence-electron chi connectivity index (χ2n) is 6.01. The monoisotopic (exact) mass is 309 g/mol. The molecule has 0 aliphatic heterocycles. The lowest BCUT2D eigenvalue weighted by molar-refractivity contribution is 0.285. The first kappa shape index (κ1) is 17.7. The Labute approximate surface area is 128 Å². The van der Waals surface area contributed by atoms with Crippen molar-refractivity contribution in [3.63, 3.8) is 0 Å². The number of hydrogen-bond donors (Lipinski definition) is 1. The topological polar surface area (TPSA) is 51.0 Å². The maximum absolute atomic E-state index is 8.78. The Morgan fingerprint density at radius 1 is 1.10 bits per heavy atom. The van der Waals surface area contributed by atoms with Gasteiger partial charge in [-0.25, -0.2) is 0 Å². The van der Waals surface area contributed by atoms with Crippen molar-refractivity contribution in [3.8, 4) is 11.5 Å². The van der Waals surface area contributed by atoms with E-state index < -0.39 is 8.07 Å². The van der Waals surface area contributed by atoms with Crippen molar-refractivity contribution >= 4 is 19.5 Å². The van der Waals surface area contributed by atoms with Crippen LogP contribution in [0.5, 0.6) is 11.5 Å². The van der Waals surface area contributed by atoms with E-state index in [1.54, 1.807) is 14.2 Å². The van der Waals surface area contributed by atoms with Gasteiger partial charge in [-0.1, -0.05) is 19.6 Å². The molecule has 4 nitrogen and oxygen atoms in total. The molecule has 1 aromatic carbocycles. The third kappa shape index (κ3) is 5.17. The molecule has 0 radical (unpaired) electrons. The smallest absolute Gasteiger partial charge is 0.161 e. The molecule has 0 fully saturated rings. The lowest BCUT2D eigenvalue weighted by Gasteiger charge is -2.21. The molecule has 0 amide bonds. The summed E-state index contributed by atoms with van der Waals surface area (Å²) in [5, 5.41) is 10.1. The summed E-state index contributed by atoms with van der Waals surface area (Å²) in [5.74, 6) is 1.50. The number of nitrogens with zero attached hydrogens (tertiary/aromatic N) is 1. The molecule has 21 heavy (non-hydrogen) atoms. The Hall–Kier alpha value is -1.33. The number of methoxy groups -OCH3 is 2. The molecule has 0 spiro atoms. The molecule has 118 valence electrons. The van der Waals surface area contributed by atoms with Gasteiger partial charge in [0.25, 0.3) is 0 Å². The molecule has 0 heterocycles. The van der Waals surface area contributed by atoms with Crippen molar-refractivity contribution in [2.75, 3.05) is 27.4 Å². The highest BCUT2D eigenvalue weighted by Crippen LogP contribution is 2.27. The normalized spacial score (nSPS) is 11.9. The zero-order valence-corrected chi connectivity index (χ0v) is 14.8. The third-order valence-electron chi connectivity index (χ3n) is 3.29. The Balaban J connectivity index is 3.09. The fourth-order valence-electron chi connectivity index (χ4n) is 2.13. The quantitative estimate of drug-likeness (QED) is 0.456. The number of benzene rings is 1. The summed E-state index contributed by atoms with van der Waals surface area (Å²) >= 11 is 0. The van der Waals surface area contributed by atoms with E-state index in [9.17, 15) is 0 Å². The van der Waals surface area contributed by atoms with Gasteiger partial charge in [-0.15, -0.1) is 0 Å². The second-order valence-corrected chi connectivity index (χ2v) is 11.0. The summed E-state index contributed by atoms with van der Waals surface area (Å²) in [6.07, 6.45) is 3.62. The van der Waals surface area contributed by atoms with Crippen LogP contribution in [0.15, 0.2) is 17.1 Å². The third-order valence-corrected chi connectivity index (χ3v) is 5.34. The van der Waals surface area contributed by atoms with E-state index in [1.165, 1.54) is 5.19 Å². The molecule has 1 aromatic rings. The molecule has 0 atom stereocenters. The Bertz CT molecular complexity index is 481. The maximum Gasteiger partial charge on any atom is 0.161 e. The van der Waals surface area contributed by atoms with Crippen molar-refractivity contribution in [1.29, 1.82) is 0 Å². The van der Waals surface area contributed by atoms with Crippen LogP contribution in [0.2, 0.25) is 19.6 Å². The predicted molar refractivity (Wildman–Crippen MR) is 91.3 cm³/mol. The lowest BCUT2D eigenvalue weighted by atomic mass is 10.2. The Morgan fingerprint density at radius 2 is 1.71 bits per heavy atom. The molecule has 0 aromatic heterocycles. The number of ether oxygens (including phenoxy) is 2. The number of hydrogen-bond acceptors (Lipinski definition) is 4. The number of unbranched alkanes of at least 4 members (excludes halogenated alkanes) is 1. The number of aliphatic imine (C=N–C) groups is 1. The molecular formula is C16H27NO3Si. The highest BCUT2D eigenvalue weighted by molar-refractivity contribution is 6.89. The van der Waals surface area contributed by atoms with Gasteiger partial charge >= 0.3 is 0 Å². The van der Waals surface area contributed by atoms with Crippen molar-refractivity contribution in [1.82, 2.24) is 0 Å². The first-order chi connectivity index (χ1) is 9.93. The van der Waals surface area contributed by atoms with Crippen molar-refractivity contribution in [2.24, 2.45) is 4.99 Å². The van der Waals surface area contributed by atoms with E-state index in [1.807, 2.05) is 12.3 Å². The fourth-order valence-corrected chi connectivity index (χ4v) is 3.70. The van der Waals surface area contributed by atoms with Gasteiger partial charge in [0, 0.05) is 19.4 Å². The molecule has 0 saturated heterocycles. The van der Waals surface area contributed by atoms with Crippen LogP contribution in [0.3, 0.4) is 0 Å². The van der Waals surface area contributed by atoms with Crippen LogP contribution in [-0.2, 0) is 0 Å². The van der Waals surface area contributed by atoms with Crippen molar-refractivity contribution in [3.05, 3.63) is 17.7 Å². The van der Waals surface area contributed by atoms with E-state index in [2.05, 4.69) is 30.7 Å². The van der Waals surface area contributed by atoms with Gasteiger partial charge in [0.15, 0.2) is 11.5 Å². The van der Waals surface area contributed by atoms with E-state index in [4.69, 9.17) is 14.6 Å². The molecule has 0 unspecified atom stereocenters. The Kier molecular flexibility index (Phi) is 6.91. The van der Waals surface area contributed by atoms with E-state index >= 15 is 0 Å². The average Bonchev–Trinajstić information content (AvgIpc) is 2.45. The van der Waals surface area contributed by atoms with Crippen LogP contribution >= 0.6 is 0 Å². The predicted octanol–water partition coefficient (Wildman–Crippen LogP) is 2.44. The summed E-state index contributed by atoms with van der Waals surface area (Å²) in [5.41, 5.74) is 1.11. The standard InChI is InChI=1S/C16H27NO3Si/c1-19-14-10-13(12-17-8-6-7-9-18)16(21(3,4)5)11-15(14)20-2/h10-12,18H,6-9H2,1-5H3. The van der Waals surface area contributed by atoms with E-state index in [-0.39, 0.29) is 6.61 Å². The molecular weight excluding hydrogens is 282 g/mol. The summed E-state index contributed by atoms with van der Waals surface area (Å²) in [6, 6.07) is 4.09. The van der Waals surface area contributed by atoms with Gasteiger partial charge in [0.1, 0.15) is 0 Å². The average molecular weight is 309 g/mol. The largest absolute Gasteiger partial charge is 0.493 e. The number of rotatable bonds is 8. The highest BCUT2D eigenvalue weighted by atomic mass is 28.3. The zero-order valence-electron chi connectivity index (χ0n) is 13.8. The van der Waals surface area contributed by atoms with Crippen LogP contribution in [0.25, 0.3) is 0 Å². The maximum atomic E-state index is 8.78. The summed E-state index contributed by atoms with van der Waals surface area (Å²) in [7, 11) is 1.80. The molecule has 0 aliphatic carbocycles. The number of aliphatic hydroxyl groups is 1. The fraction of sp³-hybridized carbons (Fsp3) is 0.562. The van der Waals surface area contributed by atoms with Gasteiger partial charge in [0.2, 0.25) is 0 Å². The molecule has 0 saturated carbocycles. The molecule has 1 rings (SSSR count). The van der Waals surface area contributed by atoms with Gasteiger partial charge in [-0.3, -0.25) is 4.99 Å². The van der Waals surface area contributed by atoms with Gasteiger partial charge in [-0.05, 0) is 35.7 Å². The summed E-state index contributed by atoms with van der Waals surface area (Å²) in [4.78, 5) is 4.47. The summed E-state index contributed by atoms with van der Waals surface area (Å²) < 4.78 is 10.8. The van der Waals surface area contributed by atoms with E-state index in [0.29, 0.717) is 0 Å². The van der Waals surface area contributed by atoms with Crippen LogP contribution in [0.4, 0.5) is 0 Å². The van der Waals surface area contributed by atoms with Crippen LogP contribution in [0.1, 0.15) is 18.4 Å². The highest BCUT2D eigenvalue weighted by Gasteiger charge is 2.22. The van der Waals surface area contributed by atoms with Gasteiger partial charge in [0.05, 0.1) is 22.3 Å². The zero-order chi connectivity index (χ0) is 15.9. The SMILES string of the molecule is COc1cc(C=NCCCCO)c([Si](C)(C)C)cc1OC. The van der Waals surface area contributed by atoms with Crippen LogP contribution in [-0.4, -0.2) is 46.8 Å². The van der Waals surface area contributed by atoms with Crippen LogP contribution in [0, 0.1) is 0 Å². The first-order valence-corrected chi connectivity index (χ1v) is 10.8. The lowest BCUT2D eigenvalue weighted by Crippen LogP contribution is -2.40. The van der Waals surface area contributed by atoms with Crippen LogP contribution < -0.4 is 14.7 Å². The number of aliphatic hydroxyl groups excluding tert-OH is 1. The first-order valence-electron chi connectivity index (χ1n) is 7.31. The van der Waals surface area contributed by atoms with Crippen molar-refractivity contribution < 1.29 is 14.6 Å². The van der Waals surface area contributed by atoms with Crippen molar-refractivity contribution in [2.45, 2.75) is 32.5 Å². The molecule has 1 N–H and O–H groups in total. The summed E-state index contributed by atoms with van der Waals surface area (Å²) in [6.45, 7) is 7.87. The molecule has 0 bridgehead atoms. The van der Waals surface area contributed by atoms with Gasteiger partial charge in [-0.2, -0.15) is 0 Å². The second kappa shape index (κ2) is 8.19. The molecule has 5 heteroatoms. The minimum atomic E-state index is -1.50.